The van der Waals surface area contributed by atoms with Crippen LogP contribution in [0.25, 0.3) is 0 Å². The average molecular weight is 292 g/mol. The molecule has 7 nitrogen and oxygen atoms in total. The summed E-state index contributed by atoms with van der Waals surface area (Å²) in [5, 5.41) is 10.6. The topological polar surface area (TPSA) is 84.4 Å². The number of likely N-dealkylation sites (tertiary alicyclic amines) is 1. The lowest BCUT2D eigenvalue weighted by Gasteiger charge is -2.20. The Balaban J connectivity index is 1.99. The van der Waals surface area contributed by atoms with Gasteiger partial charge < -0.3 is 9.64 Å². The summed E-state index contributed by atoms with van der Waals surface area (Å²) in [6.45, 7) is 5.36. The molecule has 21 heavy (non-hydrogen) atoms. The molecule has 0 aromatic carbocycles. The summed E-state index contributed by atoms with van der Waals surface area (Å²) in [6.07, 6.45) is 0.696. The Kier molecular flexibility index (Phi) is 4.11. The summed E-state index contributed by atoms with van der Waals surface area (Å²) in [4.78, 5) is 24.8. The number of rotatable bonds is 2. The quantitative estimate of drug-likeness (QED) is 0.902. The molecule has 1 atom stereocenters. The fourth-order valence-corrected chi connectivity index (χ4v) is 2.15. The third kappa shape index (κ3) is 3.90. The molecule has 1 aliphatic rings. The van der Waals surface area contributed by atoms with Gasteiger partial charge in [-0.2, -0.15) is 5.10 Å². The van der Waals surface area contributed by atoms with Crippen molar-refractivity contribution in [3.63, 3.8) is 0 Å². The largest absolute Gasteiger partial charge is 0.444 e. The molecule has 1 aliphatic heterocycles. The highest BCUT2D eigenvalue weighted by Crippen LogP contribution is 2.29. The highest BCUT2D eigenvalue weighted by Gasteiger charge is 2.30. The summed E-state index contributed by atoms with van der Waals surface area (Å²) in [5.74, 6) is 0.428. The molecule has 1 saturated heterocycles. The van der Waals surface area contributed by atoms with Crippen LogP contribution in [0.4, 0.5) is 10.6 Å². The van der Waals surface area contributed by atoms with Crippen molar-refractivity contribution in [2.24, 2.45) is 0 Å². The normalized spacial score (nSPS) is 18.8. The number of nitrogens with zero attached hydrogens (tertiary/aromatic N) is 3. The van der Waals surface area contributed by atoms with E-state index in [9.17, 15) is 9.59 Å². The van der Waals surface area contributed by atoms with Gasteiger partial charge in [0.1, 0.15) is 5.60 Å². The molecule has 2 amide bonds. The van der Waals surface area contributed by atoms with Gasteiger partial charge in [0.2, 0.25) is 5.91 Å². The van der Waals surface area contributed by atoms with Gasteiger partial charge in [-0.1, -0.05) is 0 Å². The number of nitrogens with one attached hydrogen (secondary N) is 1. The number of carbonyl (C=O) groups excluding carboxylic acids is 2. The van der Waals surface area contributed by atoms with Crippen molar-refractivity contribution in [1.82, 2.24) is 15.1 Å². The van der Waals surface area contributed by atoms with Crippen LogP contribution in [0.5, 0.6) is 0 Å². The van der Waals surface area contributed by atoms with E-state index >= 15 is 0 Å². The van der Waals surface area contributed by atoms with Gasteiger partial charge in [0.05, 0.1) is 11.7 Å². The van der Waals surface area contributed by atoms with E-state index in [0.29, 0.717) is 12.2 Å². The number of hydrogen-bond acceptors (Lipinski definition) is 5. The van der Waals surface area contributed by atoms with Crippen molar-refractivity contribution in [3.8, 4) is 0 Å². The molecule has 1 unspecified atom stereocenters. The molecule has 1 N–H and O–H groups in total. The zero-order chi connectivity index (χ0) is 15.6. The zero-order valence-electron chi connectivity index (χ0n) is 12.7. The first-order valence-corrected chi connectivity index (χ1v) is 6.85. The Morgan fingerprint density at radius 2 is 2.10 bits per heavy atom. The number of ether oxygens (including phenoxy) is 1. The Hall–Kier alpha value is -2.18. The molecular weight excluding hydrogens is 272 g/mol. The monoisotopic (exact) mass is 292 g/mol. The Labute approximate surface area is 123 Å². The summed E-state index contributed by atoms with van der Waals surface area (Å²) >= 11 is 0. The maximum absolute atomic E-state index is 11.6. The van der Waals surface area contributed by atoms with Crippen molar-refractivity contribution in [2.75, 3.05) is 12.4 Å². The minimum Gasteiger partial charge on any atom is -0.444 e. The predicted molar refractivity (Wildman–Crippen MR) is 76.6 cm³/mol. The van der Waals surface area contributed by atoms with Crippen molar-refractivity contribution in [2.45, 2.75) is 45.3 Å². The van der Waals surface area contributed by atoms with Crippen LogP contribution in [-0.4, -0.2) is 39.7 Å². The summed E-state index contributed by atoms with van der Waals surface area (Å²) < 4.78 is 5.13. The summed E-state index contributed by atoms with van der Waals surface area (Å²) in [6, 6.07) is 3.38. The van der Waals surface area contributed by atoms with Crippen molar-refractivity contribution < 1.29 is 14.3 Å². The van der Waals surface area contributed by atoms with E-state index in [2.05, 4.69) is 15.5 Å². The first-order chi connectivity index (χ1) is 9.76. The van der Waals surface area contributed by atoms with Crippen molar-refractivity contribution >= 4 is 17.8 Å². The number of carbonyl (C=O) groups is 2. The standard InChI is InChI=1S/C14H20N4O3/c1-14(2,3)21-13(20)15-11-7-5-9(16-17-11)10-6-8-12(19)18(10)4/h5,7,10H,6,8H2,1-4H3,(H,15,17,20). The molecule has 0 saturated carbocycles. The van der Waals surface area contributed by atoms with E-state index in [1.807, 2.05) is 0 Å². The van der Waals surface area contributed by atoms with Crippen LogP contribution >= 0.6 is 0 Å². The molecule has 1 fully saturated rings. The van der Waals surface area contributed by atoms with Crippen molar-refractivity contribution in [3.05, 3.63) is 17.8 Å². The van der Waals surface area contributed by atoms with Gasteiger partial charge in [0.25, 0.3) is 0 Å². The van der Waals surface area contributed by atoms with Gasteiger partial charge in [-0.25, -0.2) is 4.79 Å². The Morgan fingerprint density at radius 1 is 1.38 bits per heavy atom. The molecule has 1 aromatic heterocycles. The maximum Gasteiger partial charge on any atom is 0.413 e. The van der Waals surface area contributed by atoms with Gasteiger partial charge >= 0.3 is 6.09 Å². The highest BCUT2D eigenvalue weighted by atomic mass is 16.6. The Morgan fingerprint density at radius 3 is 2.57 bits per heavy atom. The average Bonchev–Trinajstić information content (AvgIpc) is 2.69. The Bertz CT molecular complexity index is 536. The minimum atomic E-state index is -0.572. The SMILES string of the molecule is CN1C(=O)CCC1c1ccc(NC(=O)OC(C)(C)C)nn1. The second-order valence-corrected chi connectivity index (χ2v) is 6.03. The van der Waals surface area contributed by atoms with E-state index in [1.54, 1.807) is 44.9 Å². The smallest absolute Gasteiger partial charge is 0.413 e. The molecule has 0 bridgehead atoms. The van der Waals surface area contributed by atoms with Crippen LogP contribution in [-0.2, 0) is 9.53 Å². The first kappa shape index (κ1) is 15.2. The lowest BCUT2D eigenvalue weighted by Crippen LogP contribution is -2.27. The lowest BCUT2D eigenvalue weighted by atomic mass is 10.1. The molecule has 0 aliphatic carbocycles. The van der Waals surface area contributed by atoms with Crippen LogP contribution in [0.15, 0.2) is 12.1 Å². The minimum absolute atomic E-state index is 0.0411. The molecule has 114 valence electrons. The van der Waals surface area contributed by atoms with E-state index in [1.165, 1.54) is 0 Å². The molecule has 2 heterocycles. The van der Waals surface area contributed by atoms with Gasteiger partial charge in [-0.05, 0) is 39.3 Å². The van der Waals surface area contributed by atoms with E-state index in [4.69, 9.17) is 4.74 Å². The van der Waals surface area contributed by atoms with Crippen LogP contribution in [0, 0.1) is 0 Å². The molecule has 1 aromatic rings. The third-order valence-corrected chi connectivity index (χ3v) is 3.15. The number of anilines is 1. The van der Waals surface area contributed by atoms with Crippen LogP contribution in [0.2, 0.25) is 0 Å². The van der Waals surface area contributed by atoms with E-state index in [0.717, 1.165) is 12.1 Å². The molecule has 2 rings (SSSR count). The second kappa shape index (κ2) is 5.67. The fourth-order valence-electron chi connectivity index (χ4n) is 2.15. The fraction of sp³-hybridized carbons (Fsp3) is 0.571. The molecule has 0 radical (unpaired) electrons. The van der Waals surface area contributed by atoms with Gasteiger partial charge in [0.15, 0.2) is 5.82 Å². The summed E-state index contributed by atoms with van der Waals surface area (Å²) in [7, 11) is 1.76. The van der Waals surface area contributed by atoms with E-state index in [-0.39, 0.29) is 11.9 Å². The molecular formula is C14H20N4O3. The highest BCUT2D eigenvalue weighted by molar-refractivity contribution is 5.83. The van der Waals surface area contributed by atoms with Crippen LogP contribution in [0.1, 0.15) is 45.3 Å². The van der Waals surface area contributed by atoms with Crippen LogP contribution in [0.3, 0.4) is 0 Å². The molecule has 7 heteroatoms. The third-order valence-electron chi connectivity index (χ3n) is 3.15. The predicted octanol–water partition coefficient (Wildman–Crippen LogP) is 2.12. The van der Waals surface area contributed by atoms with Gasteiger partial charge in [-0.15, -0.1) is 5.10 Å². The summed E-state index contributed by atoms with van der Waals surface area (Å²) in [5.41, 5.74) is 0.155. The first-order valence-electron chi connectivity index (χ1n) is 6.85. The van der Waals surface area contributed by atoms with Gasteiger partial charge in [0, 0.05) is 13.5 Å². The molecule has 0 spiro atoms. The van der Waals surface area contributed by atoms with Crippen molar-refractivity contribution in [1.29, 1.82) is 0 Å². The number of amides is 2. The zero-order valence-corrected chi connectivity index (χ0v) is 12.7. The number of aromatic nitrogens is 2. The van der Waals surface area contributed by atoms with Gasteiger partial charge in [-0.3, -0.25) is 10.1 Å². The maximum atomic E-state index is 11.6. The van der Waals surface area contributed by atoms with Crippen LogP contribution < -0.4 is 5.32 Å². The lowest BCUT2D eigenvalue weighted by molar-refractivity contribution is -0.127. The second-order valence-electron chi connectivity index (χ2n) is 6.03. The van der Waals surface area contributed by atoms with E-state index < -0.39 is 11.7 Å². The number of hydrogen-bond donors (Lipinski definition) is 1.